The predicted molar refractivity (Wildman–Crippen MR) is 109 cm³/mol. The summed E-state index contributed by atoms with van der Waals surface area (Å²) in [6, 6.07) is 15.1. The number of carbonyl (C=O) groups excluding carboxylic acids is 1. The number of methoxy groups -OCH3 is 1. The third-order valence-electron chi connectivity index (χ3n) is 4.88. The molecule has 2 aromatic heterocycles. The molecule has 0 aliphatic carbocycles. The van der Waals surface area contributed by atoms with E-state index in [-0.39, 0.29) is 17.6 Å². The lowest BCUT2D eigenvalue weighted by molar-refractivity contribution is 0.0930. The van der Waals surface area contributed by atoms with Crippen LogP contribution in [0.25, 0.3) is 16.7 Å². The van der Waals surface area contributed by atoms with Gasteiger partial charge >= 0.3 is 0 Å². The molecule has 4 aromatic rings. The highest BCUT2D eigenvalue weighted by molar-refractivity contribution is 5.93. The Kier molecular flexibility index (Phi) is 4.80. The number of rotatable bonds is 5. The first kappa shape index (κ1) is 18.7. The van der Waals surface area contributed by atoms with Crippen molar-refractivity contribution in [1.82, 2.24) is 20.3 Å². The van der Waals surface area contributed by atoms with Gasteiger partial charge in [-0.3, -0.25) is 4.79 Å². The van der Waals surface area contributed by atoms with Gasteiger partial charge < -0.3 is 14.5 Å². The number of hydrogen-bond acceptors (Lipinski definition) is 5. The van der Waals surface area contributed by atoms with Crippen LogP contribution in [0.2, 0.25) is 0 Å². The lowest BCUT2D eigenvalue weighted by Gasteiger charge is -2.10. The maximum absolute atomic E-state index is 12.8. The van der Waals surface area contributed by atoms with Crippen molar-refractivity contribution in [2.24, 2.45) is 0 Å². The molecule has 7 heteroatoms. The van der Waals surface area contributed by atoms with Crippen molar-refractivity contribution in [1.29, 1.82) is 0 Å². The van der Waals surface area contributed by atoms with Crippen molar-refractivity contribution >= 4 is 16.9 Å². The molecule has 148 valence electrons. The monoisotopic (exact) mass is 390 g/mol. The molecule has 7 nitrogen and oxygen atoms in total. The molecule has 0 saturated heterocycles. The second-order valence-electron chi connectivity index (χ2n) is 7.00. The standard InChI is InChI=1S/C22H22N4O3/c1-13-7-5-9-17(11-13)26-15(3)20(24-25-26)22(27)23-14(2)19-12-16-8-6-10-18(28-4)21(16)29-19/h5-12,14H,1-4H3,(H,23,27). The summed E-state index contributed by atoms with van der Waals surface area (Å²) in [5.74, 6) is 0.993. The van der Waals surface area contributed by atoms with Gasteiger partial charge in [0.25, 0.3) is 5.91 Å². The normalized spacial score (nSPS) is 12.1. The molecule has 0 spiro atoms. The summed E-state index contributed by atoms with van der Waals surface area (Å²) >= 11 is 0. The Morgan fingerprint density at radius 3 is 2.72 bits per heavy atom. The second-order valence-corrected chi connectivity index (χ2v) is 7.00. The number of nitrogens with one attached hydrogen (secondary N) is 1. The summed E-state index contributed by atoms with van der Waals surface area (Å²) in [6.07, 6.45) is 0. The maximum Gasteiger partial charge on any atom is 0.274 e. The van der Waals surface area contributed by atoms with Crippen molar-refractivity contribution in [3.63, 3.8) is 0 Å². The van der Waals surface area contributed by atoms with E-state index in [9.17, 15) is 4.79 Å². The highest BCUT2D eigenvalue weighted by Gasteiger charge is 2.21. The van der Waals surface area contributed by atoms with E-state index in [2.05, 4.69) is 15.6 Å². The Morgan fingerprint density at radius 1 is 1.17 bits per heavy atom. The van der Waals surface area contributed by atoms with Crippen molar-refractivity contribution < 1.29 is 13.9 Å². The molecule has 1 N–H and O–H groups in total. The first-order chi connectivity index (χ1) is 14.0. The minimum atomic E-state index is -0.344. The van der Waals surface area contributed by atoms with Crippen LogP contribution in [0.15, 0.2) is 52.9 Å². The Morgan fingerprint density at radius 2 is 1.97 bits per heavy atom. The van der Waals surface area contributed by atoms with Crippen LogP contribution in [-0.2, 0) is 0 Å². The number of fused-ring (bicyclic) bond motifs is 1. The summed E-state index contributed by atoms with van der Waals surface area (Å²) in [7, 11) is 1.60. The minimum absolute atomic E-state index is 0.284. The fraction of sp³-hybridized carbons (Fsp3) is 0.227. The zero-order valence-corrected chi connectivity index (χ0v) is 16.8. The van der Waals surface area contributed by atoms with Crippen LogP contribution in [-0.4, -0.2) is 28.0 Å². The van der Waals surface area contributed by atoms with Crippen molar-refractivity contribution in [3.05, 3.63) is 71.2 Å². The maximum atomic E-state index is 12.8. The second kappa shape index (κ2) is 7.43. The summed E-state index contributed by atoms with van der Waals surface area (Å²) in [5.41, 5.74) is 3.59. The Bertz CT molecular complexity index is 1190. The first-order valence-corrected chi connectivity index (χ1v) is 9.34. The van der Waals surface area contributed by atoms with E-state index in [0.717, 1.165) is 16.6 Å². The number of para-hydroxylation sites is 1. The topological polar surface area (TPSA) is 82.2 Å². The minimum Gasteiger partial charge on any atom is -0.493 e. The van der Waals surface area contributed by atoms with Crippen LogP contribution in [0.5, 0.6) is 5.75 Å². The van der Waals surface area contributed by atoms with Crippen LogP contribution in [0, 0.1) is 13.8 Å². The zero-order chi connectivity index (χ0) is 20.5. The van der Waals surface area contributed by atoms with E-state index in [1.807, 2.05) is 69.3 Å². The molecule has 0 fully saturated rings. The number of carbonyl (C=O) groups is 1. The van der Waals surface area contributed by atoms with Crippen LogP contribution >= 0.6 is 0 Å². The molecule has 1 amide bonds. The molecule has 2 heterocycles. The number of amides is 1. The molecule has 0 aliphatic heterocycles. The Labute approximate surface area is 168 Å². The quantitative estimate of drug-likeness (QED) is 0.554. The van der Waals surface area contributed by atoms with Gasteiger partial charge in [0.2, 0.25) is 0 Å². The van der Waals surface area contributed by atoms with Gasteiger partial charge in [0.1, 0.15) is 5.76 Å². The molecular formula is C22H22N4O3. The van der Waals surface area contributed by atoms with Gasteiger partial charge in [0.05, 0.1) is 24.5 Å². The lowest BCUT2D eigenvalue weighted by Crippen LogP contribution is -2.27. The van der Waals surface area contributed by atoms with Gasteiger partial charge in [-0.15, -0.1) is 5.10 Å². The Hall–Kier alpha value is -3.61. The van der Waals surface area contributed by atoms with Crippen LogP contribution in [0.3, 0.4) is 0 Å². The molecule has 1 unspecified atom stereocenters. The van der Waals surface area contributed by atoms with Gasteiger partial charge in [0, 0.05) is 5.39 Å². The number of aromatic nitrogens is 3. The molecule has 4 rings (SSSR count). The molecule has 29 heavy (non-hydrogen) atoms. The fourth-order valence-corrected chi connectivity index (χ4v) is 3.31. The number of nitrogens with zero attached hydrogens (tertiary/aromatic N) is 3. The largest absolute Gasteiger partial charge is 0.493 e. The fourth-order valence-electron chi connectivity index (χ4n) is 3.31. The first-order valence-electron chi connectivity index (χ1n) is 9.34. The van der Waals surface area contributed by atoms with Crippen LogP contribution < -0.4 is 10.1 Å². The van der Waals surface area contributed by atoms with Crippen LogP contribution in [0.4, 0.5) is 0 Å². The highest BCUT2D eigenvalue weighted by Crippen LogP contribution is 2.31. The average Bonchev–Trinajstić information content (AvgIpc) is 3.31. The molecule has 0 aliphatic rings. The summed E-state index contributed by atoms with van der Waals surface area (Å²) < 4.78 is 12.9. The van der Waals surface area contributed by atoms with E-state index in [1.165, 1.54) is 0 Å². The van der Waals surface area contributed by atoms with E-state index in [0.29, 0.717) is 22.8 Å². The van der Waals surface area contributed by atoms with E-state index < -0.39 is 0 Å². The average molecular weight is 390 g/mol. The van der Waals surface area contributed by atoms with Gasteiger partial charge in [-0.25, -0.2) is 4.68 Å². The predicted octanol–water partition coefficient (Wildman–Crippen LogP) is 4.13. The summed E-state index contributed by atoms with van der Waals surface area (Å²) in [4.78, 5) is 12.8. The van der Waals surface area contributed by atoms with E-state index in [4.69, 9.17) is 9.15 Å². The third kappa shape index (κ3) is 3.47. The molecule has 1 atom stereocenters. The van der Waals surface area contributed by atoms with Crippen molar-refractivity contribution in [2.45, 2.75) is 26.8 Å². The Balaban J connectivity index is 1.57. The number of benzene rings is 2. The van der Waals surface area contributed by atoms with E-state index in [1.54, 1.807) is 11.8 Å². The summed E-state index contributed by atoms with van der Waals surface area (Å²) in [6.45, 7) is 5.70. The van der Waals surface area contributed by atoms with E-state index >= 15 is 0 Å². The van der Waals surface area contributed by atoms with Crippen molar-refractivity contribution in [2.75, 3.05) is 7.11 Å². The molecule has 0 bridgehead atoms. The van der Waals surface area contributed by atoms with Gasteiger partial charge in [0.15, 0.2) is 17.0 Å². The lowest BCUT2D eigenvalue weighted by atomic mass is 10.2. The number of ether oxygens (including phenoxy) is 1. The highest BCUT2D eigenvalue weighted by atomic mass is 16.5. The molecular weight excluding hydrogens is 368 g/mol. The SMILES string of the molecule is COc1cccc2cc(C(C)NC(=O)c3nnn(-c4cccc(C)c4)c3C)oc12. The number of hydrogen-bond donors (Lipinski definition) is 1. The molecule has 2 aromatic carbocycles. The number of furan rings is 1. The molecule has 0 saturated carbocycles. The number of aryl methyl sites for hydroxylation is 1. The summed E-state index contributed by atoms with van der Waals surface area (Å²) in [5, 5.41) is 12.1. The third-order valence-corrected chi connectivity index (χ3v) is 4.88. The van der Waals surface area contributed by atoms with Crippen molar-refractivity contribution in [3.8, 4) is 11.4 Å². The zero-order valence-electron chi connectivity index (χ0n) is 16.8. The van der Waals surface area contributed by atoms with Gasteiger partial charge in [-0.2, -0.15) is 0 Å². The smallest absolute Gasteiger partial charge is 0.274 e. The van der Waals surface area contributed by atoms with Gasteiger partial charge in [-0.1, -0.05) is 29.5 Å². The van der Waals surface area contributed by atoms with Crippen LogP contribution in [0.1, 0.15) is 40.5 Å². The molecule has 0 radical (unpaired) electrons. The van der Waals surface area contributed by atoms with Gasteiger partial charge in [-0.05, 0) is 50.6 Å².